The number of pyridine rings is 1. The fourth-order valence-corrected chi connectivity index (χ4v) is 2.66. The van der Waals surface area contributed by atoms with Gasteiger partial charge in [0.1, 0.15) is 0 Å². The molecule has 22 heavy (non-hydrogen) atoms. The highest BCUT2D eigenvalue weighted by molar-refractivity contribution is 6.62. The number of hydrogen-bond acceptors (Lipinski definition) is 3. The quantitative estimate of drug-likeness (QED) is 0.796. The van der Waals surface area contributed by atoms with Crippen LogP contribution >= 0.6 is 0 Å². The van der Waals surface area contributed by atoms with E-state index in [1.54, 1.807) is 6.20 Å². The summed E-state index contributed by atoms with van der Waals surface area (Å²) in [7, 11) is -0.313. The van der Waals surface area contributed by atoms with Crippen molar-refractivity contribution in [3.63, 3.8) is 0 Å². The summed E-state index contributed by atoms with van der Waals surface area (Å²) in [5.74, 6) is 0. The van der Waals surface area contributed by atoms with Crippen LogP contribution in [-0.2, 0) is 9.31 Å². The molecule has 2 aromatic rings. The molecule has 0 radical (unpaired) electrons. The lowest BCUT2D eigenvalue weighted by Crippen LogP contribution is -2.41. The van der Waals surface area contributed by atoms with Gasteiger partial charge in [0.05, 0.1) is 11.2 Å². The maximum absolute atomic E-state index is 6.12. The summed E-state index contributed by atoms with van der Waals surface area (Å²) in [5.41, 5.74) is 3.94. The van der Waals surface area contributed by atoms with E-state index >= 15 is 0 Å². The van der Waals surface area contributed by atoms with E-state index in [1.807, 2.05) is 12.3 Å². The molecule has 0 saturated carbocycles. The highest BCUT2D eigenvalue weighted by atomic mass is 16.7. The van der Waals surface area contributed by atoms with Crippen LogP contribution in [0.2, 0.25) is 0 Å². The Kier molecular flexibility index (Phi) is 3.62. The number of hydrogen-bond donors (Lipinski definition) is 0. The number of rotatable bonds is 2. The summed E-state index contributed by atoms with van der Waals surface area (Å²) in [4.78, 5) is 4.19. The van der Waals surface area contributed by atoms with E-state index < -0.39 is 0 Å². The normalized spacial score (nSPS) is 19.4. The zero-order valence-corrected chi connectivity index (χ0v) is 13.9. The molecule has 0 N–H and O–H groups in total. The number of aromatic nitrogens is 1. The smallest absolute Gasteiger partial charge is 0.399 e. The van der Waals surface area contributed by atoms with E-state index in [0.717, 1.165) is 11.0 Å². The summed E-state index contributed by atoms with van der Waals surface area (Å²) in [5, 5.41) is 0. The Morgan fingerprint density at radius 3 is 2.23 bits per heavy atom. The molecule has 1 aliphatic heterocycles. The van der Waals surface area contributed by atoms with Gasteiger partial charge in [0, 0.05) is 18.0 Å². The molecule has 0 bridgehead atoms. The second-order valence-electron chi connectivity index (χ2n) is 6.90. The third-order valence-corrected chi connectivity index (χ3v) is 4.75. The second kappa shape index (κ2) is 5.22. The Balaban J connectivity index is 1.91. The Bertz CT molecular complexity index is 667. The van der Waals surface area contributed by atoms with Crippen molar-refractivity contribution in [2.24, 2.45) is 0 Å². The monoisotopic (exact) mass is 295 g/mol. The average molecular weight is 295 g/mol. The summed E-state index contributed by atoms with van der Waals surface area (Å²) in [6.45, 7) is 10.4. The summed E-state index contributed by atoms with van der Waals surface area (Å²) < 4.78 is 12.2. The van der Waals surface area contributed by atoms with Crippen molar-refractivity contribution < 1.29 is 9.31 Å². The van der Waals surface area contributed by atoms with Crippen LogP contribution in [0.3, 0.4) is 0 Å². The van der Waals surface area contributed by atoms with Gasteiger partial charge in [-0.3, -0.25) is 4.98 Å². The first-order valence-electron chi connectivity index (χ1n) is 7.67. The standard InChI is InChI=1S/C18H22BNO2/c1-13-11-15(19-21-17(2,3)18(4,5)22-19)8-9-16(13)14-7-6-10-20-12-14/h6-12H,1-5H3. The van der Waals surface area contributed by atoms with Gasteiger partial charge in [-0.2, -0.15) is 0 Å². The molecular formula is C18H22BNO2. The van der Waals surface area contributed by atoms with E-state index in [9.17, 15) is 0 Å². The molecule has 1 fully saturated rings. The van der Waals surface area contributed by atoms with Crippen LogP contribution in [0.25, 0.3) is 11.1 Å². The van der Waals surface area contributed by atoms with Gasteiger partial charge in [0.2, 0.25) is 0 Å². The Hall–Kier alpha value is -1.65. The van der Waals surface area contributed by atoms with Crippen LogP contribution < -0.4 is 5.46 Å². The Morgan fingerprint density at radius 2 is 1.68 bits per heavy atom. The predicted molar refractivity (Wildman–Crippen MR) is 90.1 cm³/mol. The van der Waals surface area contributed by atoms with Crippen molar-refractivity contribution in [3.05, 3.63) is 48.3 Å². The van der Waals surface area contributed by atoms with Crippen LogP contribution in [-0.4, -0.2) is 23.3 Å². The molecule has 114 valence electrons. The highest BCUT2D eigenvalue weighted by Gasteiger charge is 2.51. The minimum Gasteiger partial charge on any atom is -0.399 e. The van der Waals surface area contributed by atoms with Gasteiger partial charge in [-0.1, -0.05) is 24.3 Å². The molecule has 1 aromatic carbocycles. The largest absolute Gasteiger partial charge is 0.494 e. The van der Waals surface area contributed by atoms with Crippen LogP contribution in [0.1, 0.15) is 33.3 Å². The molecule has 3 nitrogen and oxygen atoms in total. The van der Waals surface area contributed by atoms with Gasteiger partial charge >= 0.3 is 7.12 Å². The lowest BCUT2D eigenvalue weighted by Gasteiger charge is -2.32. The molecule has 0 amide bonds. The molecule has 0 atom stereocenters. The van der Waals surface area contributed by atoms with E-state index in [-0.39, 0.29) is 18.3 Å². The SMILES string of the molecule is Cc1cc(B2OC(C)(C)C(C)(C)O2)ccc1-c1cccnc1. The lowest BCUT2D eigenvalue weighted by molar-refractivity contribution is 0.00578. The van der Waals surface area contributed by atoms with E-state index in [1.165, 1.54) is 11.1 Å². The summed E-state index contributed by atoms with van der Waals surface area (Å²) in [6.07, 6.45) is 3.67. The van der Waals surface area contributed by atoms with Crippen LogP contribution in [0.4, 0.5) is 0 Å². The first-order chi connectivity index (χ1) is 10.3. The average Bonchev–Trinajstić information content (AvgIpc) is 2.68. The molecule has 1 aromatic heterocycles. The molecule has 1 aliphatic rings. The van der Waals surface area contributed by atoms with Gasteiger partial charge in [0.25, 0.3) is 0 Å². The first-order valence-corrected chi connectivity index (χ1v) is 7.67. The van der Waals surface area contributed by atoms with Crippen molar-refractivity contribution in [1.82, 2.24) is 4.98 Å². The molecule has 0 spiro atoms. The highest BCUT2D eigenvalue weighted by Crippen LogP contribution is 2.36. The van der Waals surface area contributed by atoms with E-state index in [2.05, 4.69) is 63.9 Å². The zero-order chi connectivity index (χ0) is 16.0. The maximum atomic E-state index is 6.12. The minimum atomic E-state index is -0.313. The molecule has 1 saturated heterocycles. The predicted octanol–water partition coefficient (Wildman–Crippen LogP) is 3.36. The first kappa shape index (κ1) is 15.3. The number of nitrogens with zero attached hydrogens (tertiary/aromatic N) is 1. The van der Waals surface area contributed by atoms with Crippen molar-refractivity contribution in [1.29, 1.82) is 0 Å². The van der Waals surface area contributed by atoms with Crippen molar-refractivity contribution in [3.8, 4) is 11.1 Å². The molecule has 4 heteroatoms. The molecule has 3 rings (SSSR count). The van der Waals surface area contributed by atoms with Crippen molar-refractivity contribution in [2.45, 2.75) is 45.8 Å². The topological polar surface area (TPSA) is 31.4 Å². The molecule has 2 heterocycles. The Labute approximate surface area is 132 Å². The van der Waals surface area contributed by atoms with Gasteiger partial charge < -0.3 is 9.31 Å². The van der Waals surface area contributed by atoms with Crippen LogP contribution in [0.15, 0.2) is 42.7 Å². The number of aryl methyl sites for hydroxylation is 1. The lowest BCUT2D eigenvalue weighted by atomic mass is 9.77. The van der Waals surface area contributed by atoms with Crippen molar-refractivity contribution in [2.75, 3.05) is 0 Å². The van der Waals surface area contributed by atoms with Crippen LogP contribution in [0.5, 0.6) is 0 Å². The molecule has 0 unspecified atom stereocenters. The minimum absolute atomic E-state index is 0.312. The zero-order valence-electron chi connectivity index (χ0n) is 13.9. The molecule has 0 aliphatic carbocycles. The van der Waals surface area contributed by atoms with Gasteiger partial charge in [-0.25, -0.2) is 0 Å². The fraction of sp³-hybridized carbons (Fsp3) is 0.389. The third-order valence-electron chi connectivity index (χ3n) is 4.75. The second-order valence-corrected chi connectivity index (χ2v) is 6.90. The molecular weight excluding hydrogens is 273 g/mol. The van der Waals surface area contributed by atoms with Gasteiger partial charge in [0.15, 0.2) is 0 Å². The summed E-state index contributed by atoms with van der Waals surface area (Å²) >= 11 is 0. The Morgan fingerprint density at radius 1 is 1.00 bits per heavy atom. The van der Waals surface area contributed by atoms with E-state index in [0.29, 0.717) is 0 Å². The fourth-order valence-electron chi connectivity index (χ4n) is 2.66. The summed E-state index contributed by atoms with van der Waals surface area (Å²) in [6, 6.07) is 10.4. The van der Waals surface area contributed by atoms with Crippen LogP contribution in [0, 0.1) is 6.92 Å². The van der Waals surface area contributed by atoms with E-state index in [4.69, 9.17) is 9.31 Å². The number of benzene rings is 1. The van der Waals surface area contributed by atoms with Crippen molar-refractivity contribution >= 4 is 12.6 Å². The third kappa shape index (κ3) is 2.57. The maximum Gasteiger partial charge on any atom is 0.494 e. The van der Waals surface area contributed by atoms with Gasteiger partial charge in [-0.05, 0) is 57.3 Å². The van der Waals surface area contributed by atoms with Gasteiger partial charge in [-0.15, -0.1) is 0 Å².